The zero-order valence-corrected chi connectivity index (χ0v) is 19.6. The number of carbonyl (C=O) groups is 1. The molecule has 0 bridgehead atoms. The van der Waals surface area contributed by atoms with Crippen LogP contribution >= 0.6 is 15.9 Å². The van der Waals surface area contributed by atoms with E-state index in [4.69, 9.17) is 4.99 Å². The number of fused-ring (bicyclic) bond motifs is 1. The molecule has 1 aromatic heterocycles. The Bertz CT molecular complexity index is 1530. The van der Waals surface area contributed by atoms with E-state index < -0.39 is 17.1 Å². The van der Waals surface area contributed by atoms with Gasteiger partial charge in [0.1, 0.15) is 5.56 Å². The first-order valence-electron chi connectivity index (χ1n) is 10.2. The van der Waals surface area contributed by atoms with Crippen LogP contribution in [-0.2, 0) is 4.79 Å². The van der Waals surface area contributed by atoms with Crippen LogP contribution in [0.5, 0.6) is 5.88 Å². The second-order valence-electron chi connectivity index (χ2n) is 7.63. The number of hydrogen-bond donors (Lipinski definition) is 3. The van der Waals surface area contributed by atoms with Crippen LogP contribution in [0.1, 0.15) is 24.5 Å². The van der Waals surface area contributed by atoms with E-state index >= 15 is 0 Å². The van der Waals surface area contributed by atoms with Gasteiger partial charge >= 0.3 is 5.69 Å². The lowest BCUT2D eigenvalue weighted by atomic mass is 10.0. The molecule has 3 N–H and O–H groups in total. The van der Waals surface area contributed by atoms with Crippen LogP contribution in [0.25, 0.3) is 17.3 Å². The maximum absolute atomic E-state index is 12.6. The summed E-state index contributed by atoms with van der Waals surface area (Å²) in [4.78, 5) is 43.4. The molecule has 1 amide bonds. The average molecular weight is 509 g/mol. The van der Waals surface area contributed by atoms with Crippen molar-refractivity contribution >= 4 is 33.5 Å². The minimum atomic E-state index is -0.751. The number of H-pyrrole nitrogens is 1. The second kappa shape index (κ2) is 9.03. The lowest BCUT2D eigenvalue weighted by Crippen LogP contribution is -2.30. The number of nitrogens with zero attached hydrogens (tertiary/aromatic N) is 2. The minimum Gasteiger partial charge on any atom is -0.494 e. The van der Waals surface area contributed by atoms with E-state index in [1.165, 1.54) is 13.0 Å². The maximum Gasteiger partial charge on any atom is 0.335 e. The van der Waals surface area contributed by atoms with Gasteiger partial charge in [0.05, 0.1) is 16.7 Å². The van der Waals surface area contributed by atoms with Crippen LogP contribution in [-0.4, -0.2) is 27.1 Å². The summed E-state index contributed by atoms with van der Waals surface area (Å²) in [6.07, 6.45) is 1.96. The predicted molar refractivity (Wildman–Crippen MR) is 129 cm³/mol. The first-order chi connectivity index (χ1) is 15.8. The van der Waals surface area contributed by atoms with Crippen molar-refractivity contribution in [3.63, 3.8) is 0 Å². The van der Waals surface area contributed by atoms with Crippen molar-refractivity contribution < 1.29 is 9.90 Å². The number of amides is 1. The van der Waals surface area contributed by atoms with Crippen LogP contribution in [0.4, 0.5) is 0 Å². The number of nitrogens with one attached hydrogen (secondary N) is 2. The molecule has 0 fully saturated rings. The van der Waals surface area contributed by atoms with Gasteiger partial charge < -0.3 is 10.4 Å². The Morgan fingerprint density at radius 3 is 2.64 bits per heavy atom. The van der Waals surface area contributed by atoms with E-state index in [0.717, 1.165) is 30.8 Å². The van der Waals surface area contributed by atoms with Crippen molar-refractivity contribution in [1.82, 2.24) is 14.9 Å². The minimum absolute atomic E-state index is 0.0845. The van der Waals surface area contributed by atoms with E-state index in [0.29, 0.717) is 24.4 Å². The van der Waals surface area contributed by atoms with Crippen LogP contribution in [0, 0.1) is 6.92 Å². The van der Waals surface area contributed by atoms with E-state index in [1.807, 2.05) is 25.1 Å². The highest BCUT2D eigenvalue weighted by molar-refractivity contribution is 9.10. The van der Waals surface area contributed by atoms with Crippen molar-refractivity contribution in [3.05, 3.63) is 95.2 Å². The molecule has 1 aliphatic heterocycles. The number of para-hydroxylation sites is 1. The number of allylic oxidation sites excluding steroid dienone is 1. The van der Waals surface area contributed by atoms with Gasteiger partial charge in [0.2, 0.25) is 11.8 Å². The highest BCUT2D eigenvalue weighted by Gasteiger charge is 2.19. The Labute approximate surface area is 196 Å². The fourth-order valence-electron chi connectivity index (χ4n) is 3.76. The molecule has 0 spiro atoms. The first kappa shape index (κ1) is 22.5. The largest absolute Gasteiger partial charge is 0.494 e. The van der Waals surface area contributed by atoms with Crippen molar-refractivity contribution in [2.24, 2.45) is 4.99 Å². The molecule has 3 aromatic rings. The number of aromatic hydroxyl groups is 1. The Balaban J connectivity index is 1.89. The third-order valence-corrected chi connectivity index (χ3v) is 5.87. The number of aryl methyl sites for hydroxylation is 1. The molecule has 4 rings (SSSR count). The van der Waals surface area contributed by atoms with Gasteiger partial charge in [0.15, 0.2) is 0 Å². The quantitative estimate of drug-likeness (QED) is 0.485. The Hall–Kier alpha value is -3.72. The monoisotopic (exact) mass is 508 g/mol. The highest BCUT2D eigenvalue weighted by Crippen LogP contribution is 2.25. The number of hydrogen-bond acceptors (Lipinski definition) is 5. The zero-order valence-electron chi connectivity index (χ0n) is 18.0. The summed E-state index contributed by atoms with van der Waals surface area (Å²) < 4.78 is 1.84. The number of carbonyl (C=O) groups excluding carboxylic acids is 1. The molecule has 168 valence electrons. The van der Waals surface area contributed by atoms with Gasteiger partial charge in [-0.1, -0.05) is 34.1 Å². The maximum atomic E-state index is 12.6. The summed E-state index contributed by atoms with van der Waals surface area (Å²) in [5.74, 6) is -0.626. The Morgan fingerprint density at radius 2 is 1.94 bits per heavy atom. The third kappa shape index (κ3) is 4.45. The molecule has 0 saturated carbocycles. The summed E-state index contributed by atoms with van der Waals surface area (Å²) in [6, 6.07) is 12.5. The lowest BCUT2D eigenvalue weighted by Gasteiger charge is -2.11. The van der Waals surface area contributed by atoms with Gasteiger partial charge in [-0.2, -0.15) is 0 Å². The van der Waals surface area contributed by atoms with Gasteiger partial charge in [0, 0.05) is 23.2 Å². The smallest absolute Gasteiger partial charge is 0.335 e. The number of aromatic amines is 1. The molecule has 2 aromatic carbocycles. The molecule has 0 atom stereocenters. The highest BCUT2D eigenvalue weighted by atomic mass is 79.9. The summed E-state index contributed by atoms with van der Waals surface area (Å²) in [6.45, 7) is 3.78. The van der Waals surface area contributed by atoms with E-state index in [9.17, 15) is 19.5 Å². The number of benzene rings is 2. The average Bonchev–Trinajstić information content (AvgIpc) is 3.11. The Kier molecular flexibility index (Phi) is 6.15. The topological polar surface area (TPSA) is 117 Å². The lowest BCUT2D eigenvalue weighted by molar-refractivity contribution is -0.118. The van der Waals surface area contributed by atoms with Gasteiger partial charge in [-0.3, -0.25) is 14.6 Å². The summed E-state index contributed by atoms with van der Waals surface area (Å²) >= 11 is 3.34. The molecule has 8 nitrogen and oxygen atoms in total. The van der Waals surface area contributed by atoms with E-state index in [-0.39, 0.29) is 11.5 Å². The van der Waals surface area contributed by atoms with Crippen LogP contribution < -0.4 is 27.1 Å². The molecular formula is C24H21BrN4O4. The first-order valence-corrected chi connectivity index (χ1v) is 11.0. The summed E-state index contributed by atoms with van der Waals surface area (Å²) in [7, 11) is 0. The van der Waals surface area contributed by atoms with Crippen molar-refractivity contribution in [2.75, 3.05) is 6.54 Å². The zero-order chi connectivity index (χ0) is 23.7. The molecule has 0 aliphatic carbocycles. The molecule has 0 saturated heterocycles. The second-order valence-corrected chi connectivity index (χ2v) is 8.55. The van der Waals surface area contributed by atoms with Gasteiger partial charge in [0.25, 0.3) is 5.56 Å². The predicted octanol–water partition coefficient (Wildman–Crippen LogP) is 1.65. The van der Waals surface area contributed by atoms with Crippen molar-refractivity contribution in [1.29, 1.82) is 0 Å². The van der Waals surface area contributed by atoms with E-state index in [1.54, 1.807) is 24.3 Å². The number of rotatable bonds is 5. The van der Waals surface area contributed by atoms with Crippen LogP contribution in [0.3, 0.4) is 0 Å². The molecule has 0 unspecified atom stereocenters. The van der Waals surface area contributed by atoms with Gasteiger partial charge in [-0.15, -0.1) is 0 Å². The fraction of sp³-hybridized carbons (Fsp3) is 0.167. The molecule has 1 aliphatic rings. The molecular weight excluding hydrogens is 488 g/mol. The molecule has 2 heterocycles. The van der Waals surface area contributed by atoms with Crippen molar-refractivity contribution in [2.45, 2.75) is 20.3 Å². The van der Waals surface area contributed by atoms with Crippen LogP contribution in [0.2, 0.25) is 0 Å². The van der Waals surface area contributed by atoms with Gasteiger partial charge in [-0.05, 0) is 54.8 Å². The number of aromatic nitrogens is 2. The molecule has 33 heavy (non-hydrogen) atoms. The summed E-state index contributed by atoms with van der Waals surface area (Å²) in [5.41, 5.74) is 1.13. The third-order valence-electron chi connectivity index (χ3n) is 5.34. The van der Waals surface area contributed by atoms with E-state index in [2.05, 4.69) is 26.2 Å². The fourth-order valence-corrected chi connectivity index (χ4v) is 4.02. The van der Waals surface area contributed by atoms with Gasteiger partial charge in [-0.25, -0.2) is 14.4 Å². The molecule has 0 radical (unpaired) electrons. The SMILES string of the molecule is CC(=O)NCCC1=c2cccc(C)c2=N/C1=C\c1c(O)n(-c2ccc(Br)cc2)c(=O)[nH]c1=O. The van der Waals surface area contributed by atoms with Crippen molar-refractivity contribution in [3.8, 4) is 11.6 Å². The summed E-state index contributed by atoms with van der Waals surface area (Å²) in [5, 5.41) is 15.4. The Morgan fingerprint density at radius 1 is 1.21 bits per heavy atom. The number of halogens is 1. The normalized spacial score (nSPS) is 13.7. The molecule has 9 heteroatoms. The standard InChI is InChI=1S/C24H21BrN4O4/c1-13-4-3-5-18-17(10-11-26-14(2)30)20(27-21(13)18)12-19-22(31)28-24(33)29(23(19)32)16-8-6-15(25)7-9-16/h3-9,12,32H,10-11H2,1-2H3,(H,26,30)(H,28,31,33)/b20-12-. The van der Waals surface area contributed by atoms with Crippen LogP contribution in [0.15, 0.2) is 67.2 Å².